The van der Waals surface area contributed by atoms with Crippen LogP contribution < -0.4 is 10.2 Å². The first kappa shape index (κ1) is 17.6. The van der Waals surface area contributed by atoms with E-state index in [0.717, 1.165) is 31.9 Å². The van der Waals surface area contributed by atoms with Crippen LogP contribution in [0.4, 0.5) is 5.82 Å². The Morgan fingerprint density at radius 2 is 2.08 bits per heavy atom. The van der Waals surface area contributed by atoms with Gasteiger partial charge in [-0.25, -0.2) is 13.4 Å². The lowest BCUT2D eigenvalue weighted by molar-refractivity contribution is 0.122. The zero-order valence-corrected chi connectivity index (χ0v) is 15.1. The molecule has 7 nitrogen and oxygen atoms in total. The van der Waals surface area contributed by atoms with E-state index in [2.05, 4.69) is 15.2 Å². The number of sulfonamides is 1. The highest BCUT2D eigenvalue weighted by Gasteiger charge is 2.35. The first-order valence-corrected chi connectivity index (χ1v) is 9.97. The number of hydrogen-bond acceptors (Lipinski definition) is 6. The Balaban J connectivity index is 1.82. The molecular weight excluding hydrogens is 328 g/mol. The first-order valence-electron chi connectivity index (χ1n) is 8.53. The number of hydrogen-bond donors (Lipinski definition) is 1. The van der Waals surface area contributed by atoms with Crippen LogP contribution in [0.25, 0.3) is 0 Å². The Morgan fingerprint density at radius 3 is 2.62 bits per heavy atom. The lowest BCUT2D eigenvalue weighted by Crippen LogP contribution is -2.45. The smallest absolute Gasteiger partial charge is 0.245 e. The molecule has 2 saturated heterocycles. The van der Waals surface area contributed by atoms with Crippen molar-refractivity contribution in [1.29, 1.82) is 0 Å². The second-order valence-electron chi connectivity index (χ2n) is 6.53. The number of ether oxygens (including phenoxy) is 1. The van der Waals surface area contributed by atoms with Gasteiger partial charge in [0, 0.05) is 37.9 Å². The number of nitrogens with zero attached hydrogens (tertiary/aromatic N) is 3. The molecule has 1 N–H and O–H groups in total. The van der Waals surface area contributed by atoms with Crippen LogP contribution in [0.1, 0.15) is 20.3 Å². The van der Waals surface area contributed by atoms with Crippen molar-refractivity contribution in [3.63, 3.8) is 0 Å². The largest absolute Gasteiger partial charge is 0.378 e. The molecule has 2 aliphatic heterocycles. The lowest BCUT2D eigenvalue weighted by Gasteiger charge is -2.31. The van der Waals surface area contributed by atoms with Gasteiger partial charge in [0.2, 0.25) is 10.0 Å². The molecule has 0 spiro atoms. The molecule has 0 saturated carbocycles. The number of anilines is 1. The van der Waals surface area contributed by atoms with Crippen LogP contribution in [0.2, 0.25) is 0 Å². The fraction of sp³-hybridized carbons (Fsp3) is 0.688. The highest BCUT2D eigenvalue weighted by molar-refractivity contribution is 7.89. The average molecular weight is 354 g/mol. The molecule has 3 heterocycles. The van der Waals surface area contributed by atoms with E-state index >= 15 is 0 Å². The van der Waals surface area contributed by atoms with Gasteiger partial charge >= 0.3 is 0 Å². The number of rotatable bonds is 5. The third kappa shape index (κ3) is 3.56. The van der Waals surface area contributed by atoms with Crippen molar-refractivity contribution in [3.05, 3.63) is 18.3 Å². The summed E-state index contributed by atoms with van der Waals surface area (Å²) in [6.07, 6.45) is 2.33. The Hall–Kier alpha value is -1.22. The van der Waals surface area contributed by atoms with E-state index < -0.39 is 10.0 Å². The zero-order chi connectivity index (χ0) is 17.2. The Labute approximate surface area is 144 Å². The summed E-state index contributed by atoms with van der Waals surface area (Å²) in [7, 11) is -3.54. The van der Waals surface area contributed by atoms with Crippen LogP contribution in [0.5, 0.6) is 0 Å². The minimum Gasteiger partial charge on any atom is -0.378 e. The van der Waals surface area contributed by atoms with Crippen LogP contribution >= 0.6 is 0 Å². The molecule has 24 heavy (non-hydrogen) atoms. The van der Waals surface area contributed by atoms with Gasteiger partial charge in [-0.05, 0) is 38.9 Å². The van der Waals surface area contributed by atoms with Crippen LogP contribution in [0.15, 0.2) is 23.2 Å². The van der Waals surface area contributed by atoms with Gasteiger partial charge in [-0.2, -0.15) is 4.31 Å². The van der Waals surface area contributed by atoms with Gasteiger partial charge in [0.1, 0.15) is 10.7 Å². The summed E-state index contributed by atoms with van der Waals surface area (Å²) in [5, 5.41) is 3.24. The molecule has 1 aromatic rings. The molecule has 1 aromatic heterocycles. The predicted octanol–water partition coefficient (Wildman–Crippen LogP) is 0.679. The van der Waals surface area contributed by atoms with Crippen molar-refractivity contribution in [2.45, 2.75) is 37.2 Å². The Kier molecular flexibility index (Phi) is 5.39. The second-order valence-corrected chi connectivity index (χ2v) is 8.37. The van der Waals surface area contributed by atoms with E-state index in [4.69, 9.17) is 4.74 Å². The van der Waals surface area contributed by atoms with Gasteiger partial charge < -0.3 is 15.0 Å². The summed E-state index contributed by atoms with van der Waals surface area (Å²) in [4.78, 5) is 6.76. The number of nitrogens with one attached hydrogen (secondary N) is 1. The van der Waals surface area contributed by atoms with E-state index in [0.29, 0.717) is 19.8 Å². The van der Waals surface area contributed by atoms with Gasteiger partial charge in [0.15, 0.2) is 0 Å². The van der Waals surface area contributed by atoms with E-state index in [1.54, 1.807) is 16.4 Å². The maximum atomic E-state index is 13.1. The first-order chi connectivity index (χ1) is 11.5. The summed E-state index contributed by atoms with van der Waals surface area (Å²) in [5.74, 6) is 0.802. The van der Waals surface area contributed by atoms with Crippen molar-refractivity contribution >= 4 is 15.8 Å². The SMILES string of the molecule is CC(C)N(C1CCNC1)S(=O)(=O)c1ccc(N2CCOCC2)nc1. The molecular formula is C16H26N4O3S. The van der Waals surface area contributed by atoms with Crippen LogP contribution in [-0.4, -0.2) is 69.2 Å². The van der Waals surface area contributed by atoms with Gasteiger partial charge in [0.05, 0.1) is 13.2 Å². The fourth-order valence-corrected chi connectivity index (χ4v) is 5.18. The van der Waals surface area contributed by atoms with Gasteiger partial charge in [-0.15, -0.1) is 0 Å². The van der Waals surface area contributed by atoms with Crippen molar-refractivity contribution in [2.75, 3.05) is 44.3 Å². The molecule has 1 atom stereocenters. The summed E-state index contributed by atoms with van der Waals surface area (Å²) >= 11 is 0. The summed E-state index contributed by atoms with van der Waals surface area (Å²) in [6, 6.07) is 3.39. The van der Waals surface area contributed by atoms with Gasteiger partial charge in [-0.3, -0.25) is 0 Å². The molecule has 0 amide bonds. The molecule has 3 rings (SSSR count). The third-order valence-corrected chi connectivity index (χ3v) is 6.65. The van der Waals surface area contributed by atoms with E-state index in [-0.39, 0.29) is 17.0 Å². The fourth-order valence-electron chi connectivity index (χ4n) is 3.38. The normalized spacial score (nSPS) is 22.5. The lowest BCUT2D eigenvalue weighted by atomic mass is 10.2. The number of morpholine rings is 1. The highest BCUT2D eigenvalue weighted by atomic mass is 32.2. The van der Waals surface area contributed by atoms with Crippen molar-refractivity contribution in [1.82, 2.24) is 14.6 Å². The Morgan fingerprint density at radius 1 is 1.33 bits per heavy atom. The van der Waals surface area contributed by atoms with E-state index in [1.165, 1.54) is 6.20 Å². The zero-order valence-electron chi connectivity index (χ0n) is 14.3. The molecule has 8 heteroatoms. The summed E-state index contributed by atoms with van der Waals surface area (Å²) < 4.78 is 33.1. The summed E-state index contributed by atoms with van der Waals surface area (Å²) in [6.45, 7) is 8.33. The number of pyridine rings is 1. The maximum Gasteiger partial charge on any atom is 0.245 e. The monoisotopic (exact) mass is 354 g/mol. The number of aromatic nitrogens is 1. The molecule has 2 fully saturated rings. The molecule has 0 aromatic carbocycles. The molecule has 0 radical (unpaired) electrons. The van der Waals surface area contributed by atoms with Crippen molar-refractivity contribution < 1.29 is 13.2 Å². The molecule has 134 valence electrons. The minimum absolute atomic E-state index is 0.00826. The molecule has 0 bridgehead atoms. The highest BCUT2D eigenvalue weighted by Crippen LogP contribution is 2.24. The van der Waals surface area contributed by atoms with Crippen LogP contribution in [0, 0.1) is 0 Å². The van der Waals surface area contributed by atoms with Gasteiger partial charge in [0.25, 0.3) is 0 Å². The average Bonchev–Trinajstić information content (AvgIpc) is 3.09. The van der Waals surface area contributed by atoms with Crippen molar-refractivity contribution in [2.24, 2.45) is 0 Å². The Bertz CT molecular complexity index is 636. The van der Waals surface area contributed by atoms with Gasteiger partial charge in [-0.1, -0.05) is 0 Å². The minimum atomic E-state index is -3.54. The quantitative estimate of drug-likeness (QED) is 0.838. The van der Waals surface area contributed by atoms with E-state index in [9.17, 15) is 8.42 Å². The van der Waals surface area contributed by atoms with Crippen LogP contribution in [-0.2, 0) is 14.8 Å². The maximum absolute atomic E-state index is 13.1. The molecule has 0 aliphatic carbocycles. The standard InChI is InChI=1S/C16H26N4O3S/c1-13(2)20(14-5-6-17-11-14)24(21,22)15-3-4-16(18-12-15)19-7-9-23-10-8-19/h3-4,12-14,17H,5-11H2,1-2H3. The predicted molar refractivity (Wildman–Crippen MR) is 92.7 cm³/mol. The second kappa shape index (κ2) is 7.35. The topological polar surface area (TPSA) is 74.8 Å². The third-order valence-electron chi connectivity index (χ3n) is 4.53. The van der Waals surface area contributed by atoms with Crippen LogP contribution in [0.3, 0.4) is 0 Å². The molecule has 2 aliphatic rings. The van der Waals surface area contributed by atoms with E-state index in [1.807, 2.05) is 13.8 Å². The van der Waals surface area contributed by atoms with Crippen molar-refractivity contribution in [3.8, 4) is 0 Å². The molecule has 1 unspecified atom stereocenters. The summed E-state index contributed by atoms with van der Waals surface area (Å²) in [5.41, 5.74) is 0.